The van der Waals surface area contributed by atoms with Crippen molar-refractivity contribution in [1.82, 2.24) is 4.90 Å². The number of amides is 1. The van der Waals surface area contributed by atoms with E-state index in [-0.39, 0.29) is 5.91 Å². The molecule has 16 heavy (non-hydrogen) atoms. The predicted octanol–water partition coefficient (Wildman–Crippen LogP) is 1.86. The van der Waals surface area contributed by atoms with Crippen molar-refractivity contribution in [2.24, 2.45) is 0 Å². The number of hydrogen-bond donors (Lipinski definition) is 0. The van der Waals surface area contributed by atoms with E-state index in [4.69, 9.17) is 4.74 Å². The monoisotopic (exact) mass is 219 g/mol. The summed E-state index contributed by atoms with van der Waals surface area (Å²) in [6, 6.07) is 7.90. The molecular formula is C13H17NO2. The summed E-state index contributed by atoms with van der Waals surface area (Å²) in [5.41, 5.74) is 1.19. The van der Waals surface area contributed by atoms with Gasteiger partial charge >= 0.3 is 0 Å². The van der Waals surface area contributed by atoms with Gasteiger partial charge in [0, 0.05) is 19.5 Å². The number of carbonyl (C=O) groups excluding carboxylic acids is 1. The number of methoxy groups -OCH3 is 1. The van der Waals surface area contributed by atoms with Crippen LogP contribution in [0, 0.1) is 0 Å². The lowest BCUT2D eigenvalue weighted by atomic mass is 10.1. The van der Waals surface area contributed by atoms with Crippen molar-refractivity contribution in [1.29, 1.82) is 0 Å². The van der Waals surface area contributed by atoms with E-state index in [1.54, 1.807) is 7.11 Å². The van der Waals surface area contributed by atoms with Crippen LogP contribution in [0.25, 0.3) is 0 Å². The smallest absolute Gasteiger partial charge is 0.222 e. The Labute approximate surface area is 96.0 Å². The van der Waals surface area contributed by atoms with Crippen molar-refractivity contribution in [2.75, 3.05) is 20.2 Å². The van der Waals surface area contributed by atoms with Gasteiger partial charge in [-0.15, -0.1) is 0 Å². The van der Waals surface area contributed by atoms with Gasteiger partial charge < -0.3 is 9.64 Å². The second kappa shape index (κ2) is 5.01. The molecule has 3 nitrogen and oxygen atoms in total. The van der Waals surface area contributed by atoms with Crippen LogP contribution in [-0.2, 0) is 11.2 Å². The molecule has 1 saturated heterocycles. The minimum absolute atomic E-state index is 0.280. The minimum atomic E-state index is 0.280. The summed E-state index contributed by atoms with van der Waals surface area (Å²) in [7, 11) is 1.66. The topological polar surface area (TPSA) is 29.5 Å². The molecule has 1 aliphatic rings. The van der Waals surface area contributed by atoms with E-state index in [0.717, 1.165) is 31.7 Å². The largest absolute Gasteiger partial charge is 0.497 e. The lowest BCUT2D eigenvalue weighted by Crippen LogP contribution is -2.42. The zero-order valence-corrected chi connectivity index (χ0v) is 9.61. The predicted molar refractivity (Wildman–Crippen MR) is 62.5 cm³/mol. The van der Waals surface area contributed by atoms with Crippen LogP contribution in [0.3, 0.4) is 0 Å². The molecule has 1 amide bonds. The molecule has 0 unspecified atom stereocenters. The first kappa shape index (κ1) is 11.0. The average molecular weight is 219 g/mol. The lowest BCUT2D eigenvalue weighted by Gasteiger charge is -2.30. The molecule has 1 aromatic carbocycles. The van der Waals surface area contributed by atoms with Crippen molar-refractivity contribution in [3.8, 4) is 5.75 Å². The van der Waals surface area contributed by atoms with Gasteiger partial charge in [-0.25, -0.2) is 0 Å². The molecule has 0 atom stereocenters. The maximum Gasteiger partial charge on any atom is 0.222 e. The third-order valence-corrected chi connectivity index (χ3v) is 3.00. The number of rotatable bonds is 4. The highest BCUT2D eigenvalue weighted by molar-refractivity contribution is 5.77. The summed E-state index contributed by atoms with van der Waals surface area (Å²) in [5, 5.41) is 0. The fraction of sp³-hybridized carbons (Fsp3) is 0.462. The fourth-order valence-electron chi connectivity index (χ4n) is 1.77. The molecule has 1 aliphatic heterocycles. The lowest BCUT2D eigenvalue weighted by molar-refractivity contribution is -0.134. The number of benzene rings is 1. The van der Waals surface area contributed by atoms with Gasteiger partial charge in [0.15, 0.2) is 0 Å². The third kappa shape index (κ3) is 2.54. The van der Waals surface area contributed by atoms with Crippen LogP contribution < -0.4 is 4.74 Å². The standard InChI is InChI=1S/C13H17NO2/c1-16-12-6-3-11(4-7-12)5-8-13(15)14-9-2-10-14/h3-4,6-7H,2,5,8-10H2,1H3. The number of carbonyl (C=O) groups is 1. The summed E-state index contributed by atoms with van der Waals surface area (Å²) in [6.45, 7) is 1.89. The molecule has 86 valence electrons. The molecule has 0 bridgehead atoms. The molecule has 0 N–H and O–H groups in total. The molecule has 0 aromatic heterocycles. The number of ether oxygens (including phenoxy) is 1. The van der Waals surface area contributed by atoms with Crippen LogP contribution in [0.15, 0.2) is 24.3 Å². The number of nitrogens with zero attached hydrogens (tertiary/aromatic N) is 1. The van der Waals surface area contributed by atoms with Gasteiger partial charge in [-0.3, -0.25) is 4.79 Å². The second-order valence-electron chi connectivity index (χ2n) is 4.08. The van der Waals surface area contributed by atoms with Gasteiger partial charge in [-0.05, 0) is 30.5 Å². The summed E-state index contributed by atoms with van der Waals surface area (Å²) < 4.78 is 5.08. The summed E-state index contributed by atoms with van der Waals surface area (Å²) in [5.74, 6) is 1.14. The normalized spacial score (nSPS) is 14.4. The summed E-state index contributed by atoms with van der Waals surface area (Å²) >= 11 is 0. The Balaban J connectivity index is 1.81. The molecule has 1 fully saturated rings. The van der Waals surface area contributed by atoms with Crippen molar-refractivity contribution < 1.29 is 9.53 Å². The minimum Gasteiger partial charge on any atom is -0.497 e. The Morgan fingerprint density at radius 1 is 1.31 bits per heavy atom. The average Bonchev–Trinajstić information content (AvgIpc) is 2.25. The van der Waals surface area contributed by atoms with Crippen LogP contribution in [0.4, 0.5) is 0 Å². The molecular weight excluding hydrogens is 202 g/mol. The van der Waals surface area contributed by atoms with Crippen LogP contribution >= 0.6 is 0 Å². The third-order valence-electron chi connectivity index (χ3n) is 3.00. The second-order valence-corrected chi connectivity index (χ2v) is 4.08. The maximum absolute atomic E-state index is 11.6. The molecule has 0 radical (unpaired) electrons. The first-order valence-electron chi connectivity index (χ1n) is 5.70. The van der Waals surface area contributed by atoms with Gasteiger partial charge in [0.05, 0.1) is 7.11 Å². The number of hydrogen-bond acceptors (Lipinski definition) is 2. The molecule has 0 saturated carbocycles. The molecule has 3 heteroatoms. The van der Waals surface area contributed by atoms with Crippen LogP contribution in [0.1, 0.15) is 18.4 Å². The van der Waals surface area contributed by atoms with Crippen molar-refractivity contribution in [3.05, 3.63) is 29.8 Å². The SMILES string of the molecule is COc1ccc(CCC(=O)N2CCC2)cc1. The highest BCUT2D eigenvalue weighted by Gasteiger charge is 2.19. The Bertz CT molecular complexity index is 355. The Morgan fingerprint density at radius 3 is 2.50 bits per heavy atom. The van der Waals surface area contributed by atoms with Gasteiger partial charge in [-0.2, -0.15) is 0 Å². The van der Waals surface area contributed by atoms with E-state index in [9.17, 15) is 4.79 Å². The van der Waals surface area contributed by atoms with E-state index in [0.29, 0.717) is 6.42 Å². The summed E-state index contributed by atoms with van der Waals surface area (Å²) in [6.07, 6.45) is 2.60. The quantitative estimate of drug-likeness (QED) is 0.773. The van der Waals surface area contributed by atoms with E-state index in [2.05, 4.69) is 0 Å². The van der Waals surface area contributed by atoms with Crippen molar-refractivity contribution in [2.45, 2.75) is 19.3 Å². The number of likely N-dealkylation sites (tertiary alicyclic amines) is 1. The van der Waals surface area contributed by atoms with E-state index >= 15 is 0 Å². The van der Waals surface area contributed by atoms with E-state index < -0.39 is 0 Å². The Kier molecular flexibility index (Phi) is 3.44. The van der Waals surface area contributed by atoms with Crippen LogP contribution in [-0.4, -0.2) is 31.0 Å². The molecule has 1 aromatic rings. The van der Waals surface area contributed by atoms with Gasteiger partial charge in [0.25, 0.3) is 0 Å². The van der Waals surface area contributed by atoms with Gasteiger partial charge in [-0.1, -0.05) is 12.1 Å². The van der Waals surface area contributed by atoms with Gasteiger partial charge in [0.1, 0.15) is 5.75 Å². The molecule has 1 heterocycles. The summed E-state index contributed by atoms with van der Waals surface area (Å²) in [4.78, 5) is 13.5. The molecule has 0 aliphatic carbocycles. The Hall–Kier alpha value is -1.51. The zero-order chi connectivity index (χ0) is 11.4. The molecule has 0 spiro atoms. The van der Waals surface area contributed by atoms with Crippen molar-refractivity contribution >= 4 is 5.91 Å². The van der Waals surface area contributed by atoms with E-state index in [1.165, 1.54) is 5.56 Å². The van der Waals surface area contributed by atoms with Gasteiger partial charge in [0.2, 0.25) is 5.91 Å². The maximum atomic E-state index is 11.6. The first-order chi connectivity index (χ1) is 7.79. The Morgan fingerprint density at radius 2 is 2.00 bits per heavy atom. The highest BCUT2D eigenvalue weighted by atomic mass is 16.5. The van der Waals surface area contributed by atoms with Crippen LogP contribution in [0.5, 0.6) is 5.75 Å². The number of aryl methyl sites for hydroxylation is 1. The molecule has 2 rings (SSSR count). The van der Waals surface area contributed by atoms with E-state index in [1.807, 2.05) is 29.2 Å². The first-order valence-corrected chi connectivity index (χ1v) is 5.70. The van der Waals surface area contributed by atoms with Crippen molar-refractivity contribution in [3.63, 3.8) is 0 Å². The zero-order valence-electron chi connectivity index (χ0n) is 9.61. The highest BCUT2D eigenvalue weighted by Crippen LogP contribution is 2.14. The fourth-order valence-corrected chi connectivity index (χ4v) is 1.77. The van der Waals surface area contributed by atoms with Crippen LogP contribution in [0.2, 0.25) is 0 Å².